The van der Waals surface area contributed by atoms with E-state index in [1.54, 1.807) is 0 Å². The van der Waals surface area contributed by atoms with Gasteiger partial charge in [0.25, 0.3) is 0 Å². The van der Waals surface area contributed by atoms with E-state index in [1.807, 2.05) is 20.8 Å². The first kappa shape index (κ1) is 28.7. The molecule has 0 saturated heterocycles. The van der Waals surface area contributed by atoms with Gasteiger partial charge in [-0.25, -0.2) is 14.4 Å². The van der Waals surface area contributed by atoms with Crippen LogP contribution in [0.25, 0.3) is 17.2 Å². The third kappa shape index (κ3) is 7.03. The number of aromatic nitrogens is 4. The molecule has 12 heteroatoms. The van der Waals surface area contributed by atoms with Gasteiger partial charge in [-0.3, -0.25) is 4.40 Å². The Bertz CT molecular complexity index is 1310. The second-order valence-electron chi connectivity index (χ2n) is 10.9. The van der Waals surface area contributed by atoms with Crippen LogP contribution in [0.4, 0.5) is 23.4 Å². The number of imidazole rings is 1. The summed E-state index contributed by atoms with van der Waals surface area (Å²) in [5, 5.41) is 3.01. The van der Waals surface area contributed by atoms with E-state index >= 15 is 0 Å². The van der Waals surface area contributed by atoms with Crippen LogP contribution in [0.2, 0.25) is 0 Å². The van der Waals surface area contributed by atoms with Crippen LogP contribution in [0.15, 0.2) is 24.5 Å². The lowest BCUT2D eigenvalue weighted by Gasteiger charge is -2.32. The zero-order valence-electron chi connectivity index (χ0n) is 22.4. The Kier molecular flexibility index (Phi) is 8.43. The van der Waals surface area contributed by atoms with Crippen LogP contribution in [0.5, 0.6) is 5.88 Å². The van der Waals surface area contributed by atoms with Crippen molar-refractivity contribution in [1.82, 2.24) is 19.4 Å². The first-order chi connectivity index (χ1) is 18.4. The number of carbonyl (C=O) groups excluding carboxylic acids is 1. The number of anilines is 1. The summed E-state index contributed by atoms with van der Waals surface area (Å²) in [5.41, 5.74) is -0.940. The van der Waals surface area contributed by atoms with Gasteiger partial charge in [0.05, 0.1) is 18.9 Å². The lowest BCUT2D eigenvalue weighted by Crippen LogP contribution is -2.31. The fourth-order valence-electron chi connectivity index (χ4n) is 5.07. The number of hydrogen-bond acceptors (Lipinski definition) is 7. The van der Waals surface area contributed by atoms with Crippen LogP contribution in [-0.4, -0.2) is 50.5 Å². The Balaban J connectivity index is 1.60. The van der Waals surface area contributed by atoms with Gasteiger partial charge in [-0.15, -0.1) is 0 Å². The molecule has 212 valence electrons. The third-order valence-electron chi connectivity index (χ3n) is 6.69. The van der Waals surface area contributed by atoms with Crippen molar-refractivity contribution < 1.29 is 31.8 Å². The zero-order chi connectivity index (χ0) is 28.4. The highest BCUT2D eigenvalue weighted by Crippen LogP contribution is 2.42. The number of methoxy groups -OCH3 is 1. The van der Waals surface area contributed by atoms with E-state index in [1.165, 1.54) is 28.9 Å². The summed E-state index contributed by atoms with van der Waals surface area (Å²) in [6.45, 7) is 5.65. The maximum atomic E-state index is 14.2. The van der Waals surface area contributed by atoms with Gasteiger partial charge in [-0.1, -0.05) is 12.8 Å². The quantitative estimate of drug-likeness (QED) is 0.254. The number of hydrogen-bond donors (Lipinski definition) is 1. The van der Waals surface area contributed by atoms with Crippen LogP contribution < -0.4 is 10.1 Å². The molecule has 8 nitrogen and oxygen atoms in total. The summed E-state index contributed by atoms with van der Waals surface area (Å²) >= 11 is 0. The van der Waals surface area contributed by atoms with E-state index < -0.39 is 41.0 Å². The fraction of sp³-hybridized carbons (Fsp3) is 0.556. The number of halogens is 4. The molecule has 0 amide bonds. The second kappa shape index (κ2) is 11.4. The predicted octanol–water partition coefficient (Wildman–Crippen LogP) is 6.09. The molecule has 2 unspecified atom stereocenters. The van der Waals surface area contributed by atoms with Gasteiger partial charge >= 0.3 is 6.18 Å². The molecule has 0 bridgehead atoms. The molecule has 3 aromatic heterocycles. The van der Waals surface area contributed by atoms with Crippen molar-refractivity contribution in [2.24, 2.45) is 5.92 Å². The van der Waals surface area contributed by atoms with Crippen LogP contribution in [-0.2, 0) is 15.7 Å². The predicted molar refractivity (Wildman–Crippen MR) is 137 cm³/mol. The molecule has 0 spiro atoms. The van der Waals surface area contributed by atoms with Crippen molar-refractivity contribution in [2.75, 3.05) is 12.4 Å². The van der Waals surface area contributed by atoms with Gasteiger partial charge in [-0.05, 0) is 64.5 Å². The van der Waals surface area contributed by atoms with Crippen molar-refractivity contribution in [3.8, 4) is 17.4 Å². The molecule has 1 aliphatic rings. The summed E-state index contributed by atoms with van der Waals surface area (Å²) in [5.74, 6) is -1.45. The number of alkyl halides is 3. The highest BCUT2D eigenvalue weighted by atomic mass is 19.4. The van der Waals surface area contributed by atoms with E-state index in [0.29, 0.717) is 24.9 Å². The number of rotatable bonds is 9. The van der Waals surface area contributed by atoms with Crippen LogP contribution in [0, 0.1) is 11.7 Å². The third-order valence-corrected chi connectivity index (χ3v) is 6.69. The second-order valence-corrected chi connectivity index (χ2v) is 10.9. The summed E-state index contributed by atoms with van der Waals surface area (Å²) in [6.07, 6.45) is 2.30. The minimum atomic E-state index is -4.78. The largest absolute Gasteiger partial charge is 0.480 e. The molecule has 3 atom stereocenters. The summed E-state index contributed by atoms with van der Waals surface area (Å²) in [7, 11) is 1.11. The maximum Gasteiger partial charge on any atom is 0.425 e. The lowest BCUT2D eigenvalue weighted by atomic mass is 9.82. The first-order valence-electron chi connectivity index (χ1n) is 12.9. The van der Waals surface area contributed by atoms with E-state index in [2.05, 4.69) is 20.3 Å². The molecule has 1 N–H and O–H groups in total. The summed E-state index contributed by atoms with van der Waals surface area (Å²) in [6, 6.07) is 2.40. The van der Waals surface area contributed by atoms with Crippen LogP contribution in [0.1, 0.15) is 64.9 Å². The topological polar surface area (TPSA) is 90.6 Å². The number of carbonyl (C=O) groups is 1. The van der Waals surface area contributed by atoms with E-state index in [9.17, 15) is 22.4 Å². The Morgan fingerprint density at radius 2 is 1.97 bits per heavy atom. The highest BCUT2D eigenvalue weighted by molar-refractivity contribution is 5.63. The molecule has 39 heavy (non-hydrogen) atoms. The average Bonchev–Trinajstić information content (AvgIpc) is 3.28. The average molecular weight is 552 g/mol. The van der Waals surface area contributed by atoms with Gasteiger partial charge in [0, 0.05) is 12.2 Å². The molecular weight excluding hydrogens is 518 g/mol. The van der Waals surface area contributed by atoms with Gasteiger partial charge in [0.15, 0.2) is 11.4 Å². The molecule has 1 aliphatic carbocycles. The molecule has 3 aromatic rings. The van der Waals surface area contributed by atoms with Gasteiger partial charge < -0.3 is 19.6 Å². The minimum absolute atomic E-state index is 0.0824. The molecule has 0 radical (unpaired) electrons. The highest BCUT2D eigenvalue weighted by Gasteiger charge is 2.41. The monoisotopic (exact) mass is 551 g/mol. The summed E-state index contributed by atoms with van der Waals surface area (Å²) in [4.78, 5) is 23.9. The maximum absolute atomic E-state index is 14.2. The normalized spacial score (nSPS) is 19.2. The molecule has 0 aliphatic heterocycles. The van der Waals surface area contributed by atoms with Crippen LogP contribution >= 0.6 is 0 Å². The Morgan fingerprint density at radius 1 is 1.21 bits per heavy atom. The standard InChI is InChI=1S/C27H33F4N5O3/c1-26(2,3)39-19(15-37)10-8-16-6-5-7-18(12-16)33-24-22(27(29,30)31)25(38-4)35-23(34-24)20-13-32-21-11-9-17(28)14-36(20)21/h9,11,13-16,18-19H,5-8,10,12H2,1-4H3,(H,33,34,35)/t16?,18-,19?/m1/s1. The number of nitrogens with zero attached hydrogens (tertiary/aromatic N) is 4. The minimum Gasteiger partial charge on any atom is -0.480 e. The van der Waals surface area contributed by atoms with Crippen LogP contribution in [0.3, 0.4) is 0 Å². The van der Waals surface area contributed by atoms with Crippen molar-refractivity contribution in [3.63, 3.8) is 0 Å². The van der Waals surface area contributed by atoms with Gasteiger partial charge in [0.1, 0.15) is 35.4 Å². The SMILES string of the molecule is COc1nc(-c2cnc3ccc(F)cn23)nc(N[C@@H]2CCCC(CCC(C=O)OC(C)(C)C)C2)c1C(F)(F)F. The van der Waals surface area contributed by atoms with Crippen molar-refractivity contribution in [1.29, 1.82) is 0 Å². The Hall–Kier alpha value is -3.28. The lowest BCUT2D eigenvalue weighted by molar-refractivity contribution is -0.138. The Labute approximate surface area is 224 Å². The smallest absolute Gasteiger partial charge is 0.425 e. The zero-order valence-corrected chi connectivity index (χ0v) is 22.4. The van der Waals surface area contributed by atoms with E-state index in [4.69, 9.17) is 9.47 Å². The summed E-state index contributed by atoms with van der Waals surface area (Å²) < 4.78 is 68.7. The molecule has 1 saturated carbocycles. The van der Waals surface area contributed by atoms with Gasteiger partial charge in [0.2, 0.25) is 5.88 Å². The Morgan fingerprint density at radius 3 is 2.64 bits per heavy atom. The van der Waals surface area contributed by atoms with Crippen molar-refractivity contribution >= 4 is 17.8 Å². The number of aldehydes is 1. The number of pyridine rings is 1. The number of ether oxygens (including phenoxy) is 2. The first-order valence-corrected chi connectivity index (χ1v) is 12.9. The number of fused-ring (bicyclic) bond motifs is 1. The van der Waals surface area contributed by atoms with E-state index in [0.717, 1.165) is 32.7 Å². The number of nitrogens with one attached hydrogen (secondary N) is 1. The molecule has 0 aromatic carbocycles. The molecule has 4 rings (SSSR count). The van der Waals surface area contributed by atoms with Crippen molar-refractivity contribution in [2.45, 2.75) is 83.2 Å². The molecular formula is C27H33F4N5O3. The molecule has 3 heterocycles. The van der Waals surface area contributed by atoms with Gasteiger partial charge in [-0.2, -0.15) is 18.2 Å². The molecule has 1 fully saturated rings. The van der Waals surface area contributed by atoms with E-state index in [-0.39, 0.29) is 23.5 Å². The van der Waals surface area contributed by atoms with Crippen molar-refractivity contribution in [3.05, 3.63) is 35.9 Å². The fourth-order valence-corrected chi connectivity index (χ4v) is 5.07.